The van der Waals surface area contributed by atoms with Gasteiger partial charge in [0.25, 0.3) is 0 Å². The van der Waals surface area contributed by atoms with E-state index in [0.717, 1.165) is 0 Å². The highest BCUT2D eigenvalue weighted by atomic mass is 19.3. The molecule has 0 aromatic rings. The van der Waals surface area contributed by atoms with Gasteiger partial charge in [0.1, 0.15) is 0 Å². The predicted molar refractivity (Wildman–Crippen MR) is 44.5 cm³/mol. The highest BCUT2D eigenvalue weighted by Crippen LogP contribution is 2.50. The summed E-state index contributed by atoms with van der Waals surface area (Å²) in [6.45, 7) is 6.26. The van der Waals surface area contributed by atoms with Crippen molar-refractivity contribution in [2.75, 3.05) is 0 Å². The highest BCUT2D eigenvalue weighted by molar-refractivity contribution is 5.21. The van der Waals surface area contributed by atoms with E-state index in [1.165, 1.54) is 0 Å². The fraction of sp³-hybridized carbons (Fsp3) is 0.556. The van der Waals surface area contributed by atoms with Crippen LogP contribution in [0.4, 0.5) is 26.3 Å². The zero-order chi connectivity index (χ0) is 12.7. The Morgan fingerprint density at radius 1 is 0.733 bits per heavy atom. The summed E-state index contributed by atoms with van der Waals surface area (Å²) in [5.74, 6) is -15.5. The van der Waals surface area contributed by atoms with Crippen molar-refractivity contribution >= 4 is 0 Å². The maximum Gasteiger partial charge on any atom is 0.379 e. The molecule has 0 aliphatic carbocycles. The maximum absolute atomic E-state index is 12.9. The SMILES string of the molecule is C=C(C)C(F)(F)C(F)(F)C(F)(F)C(=C)C. The van der Waals surface area contributed by atoms with Crippen LogP contribution >= 0.6 is 0 Å². The molecule has 0 fully saturated rings. The zero-order valence-electron chi connectivity index (χ0n) is 8.18. The smallest absolute Gasteiger partial charge is 0.194 e. The second-order valence-corrected chi connectivity index (χ2v) is 3.28. The zero-order valence-corrected chi connectivity index (χ0v) is 8.18. The second kappa shape index (κ2) is 3.57. The Kier molecular flexibility index (Phi) is 3.35. The van der Waals surface area contributed by atoms with Crippen molar-refractivity contribution in [2.45, 2.75) is 31.6 Å². The van der Waals surface area contributed by atoms with Crippen molar-refractivity contribution in [3.63, 3.8) is 0 Å². The van der Waals surface area contributed by atoms with Gasteiger partial charge in [-0.1, -0.05) is 13.2 Å². The normalized spacial score (nSPS) is 13.9. The lowest BCUT2D eigenvalue weighted by Gasteiger charge is -2.33. The van der Waals surface area contributed by atoms with Gasteiger partial charge in [0, 0.05) is 0 Å². The molecule has 0 aliphatic rings. The molecular weight excluding hydrogens is 222 g/mol. The molecule has 15 heavy (non-hydrogen) atoms. The Morgan fingerprint density at radius 3 is 1.07 bits per heavy atom. The van der Waals surface area contributed by atoms with Crippen LogP contribution in [0.3, 0.4) is 0 Å². The van der Waals surface area contributed by atoms with E-state index in [2.05, 4.69) is 13.2 Å². The van der Waals surface area contributed by atoms with E-state index in [1.807, 2.05) is 0 Å². The number of allylic oxidation sites excluding steroid dienone is 2. The van der Waals surface area contributed by atoms with E-state index in [9.17, 15) is 26.3 Å². The minimum atomic E-state index is -5.53. The molecule has 0 bridgehead atoms. The predicted octanol–water partition coefficient (Wildman–Crippen LogP) is 4.04. The van der Waals surface area contributed by atoms with Gasteiger partial charge in [-0.15, -0.1) is 0 Å². The third-order valence-electron chi connectivity index (χ3n) is 1.86. The van der Waals surface area contributed by atoms with Crippen LogP contribution < -0.4 is 0 Å². The first kappa shape index (κ1) is 14.1. The molecule has 0 aromatic heterocycles. The average Bonchev–Trinajstić information content (AvgIpc) is 2.02. The Labute approximate surface area is 83.3 Å². The van der Waals surface area contributed by atoms with Crippen LogP contribution in [0.1, 0.15) is 13.8 Å². The highest BCUT2D eigenvalue weighted by Gasteiger charge is 2.71. The van der Waals surface area contributed by atoms with Gasteiger partial charge in [0.2, 0.25) is 0 Å². The first-order chi connectivity index (χ1) is 6.39. The Bertz CT molecular complexity index is 261. The number of alkyl halides is 6. The van der Waals surface area contributed by atoms with Gasteiger partial charge >= 0.3 is 17.8 Å². The summed E-state index contributed by atoms with van der Waals surface area (Å²) >= 11 is 0. The summed E-state index contributed by atoms with van der Waals surface area (Å²) in [4.78, 5) is 0. The fourth-order valence-corrected chi connectivity index (χ4v) is 0.733. The maximum atomic E-state index is 12.9. The molecule has 0 aliphatic heterocycles. The summed E-state index contributed by atoms with van der Waals surface area (Å²) in [6, 6.07) is 0. The molecular formula is C9H10F6. The van der Waals surface area contributed by atoms with Crippen molar-refractivity contribution in [3.8, 4) is 0 Å². The van der Waals surface area contributed by atoms with Crippen LogP contribution in [0.5, 0.6) is 0 Å². The molecule has 88 valence electrons. The third-order valence-corrected chi connectivity index (χ3v) is 1.86. The molecule has 0 atom stereocenters. The molecule has 0 unspecified atom stereocenters. The molecule has 0 rings (SSSR count). The van der Waals surface area contributed by atoms with E-state index in [4.69, 9.17) is 0 Å². The topological polar surface area (TPSA) is 0 Å². The van der Waals surface area contributed by atoms with E-state index < -0.39 is 28.9 Å². The minimum absolute atomic E-state index is 0.558. The Balaban J connectivity index is 5.50. The second-order valence-electron chi connectivity index (χ2n) is 3.28. The fourth-order valence-electron chi connectivity index (χ4n) is 0.733. The molecule has 0 spiro atoms. The van der Waals surface area contributed by atoms with E-state index in [0.29, 0.717) is 13.8 Å². The molecule has 0 N–H and O–H groups in total. The first-order valence-corrected chi connectivity index (χ1v) is 3.84. The number of halogens is 6. The van der Waals surface area contributed by atoms with Crippen LogP contribution in [0.25, 0.3) is 0 Å². The van der Waals surface area contributed by atoms with Gasteiger partial charge in [-0.05, 0) is 25.0 Å². The van der Waals surface area contributed by atoms with Gasteiger partial charge < -0.3 is 0 Å². The van der Waals surface area contributed by atoms with Crippen LogP contribution in [0.15, 0.2) is 24.3 Å². The summed E-state index contributed by atoms with van der Waals surface area (Å²) in [5, 5.41) is 0. The number of hydrogen-bond acceptors (Lipinski definition) is 0. The first-order valence-electron chi connectivity index (χ1n) is 3.84. The molecule has 6 heteroatoms. The Hall–Kier alpha value is -0.940. The average molecular weight is 232 g/mol. The molecule has 0 amide bonds. The molecule has 0 nitrogen and oxygen atoms in total. The van der Waals surface area contributed by atoms with Crippen LogP contribution in [0, 0.1) is 0 Å². The van der Waals surface area contributed by atoms with Crippen molar-refractivity contribution in [1.82, 2.24) is 0 Å². The summed E-state index contributed by atoms with van der Waals surface area (Å²) in [6.07, 6.45) is 0. The lowest BCUT2D eigenvalue weighted by atomic mass is 9.95. The largest absolute Gasteiger partial charge is 0.379 e. The third kappa shape index (κ3) is 1.89. The van der Waals surface area contributed by atoms with Crippen LogP contribution in [-0.2, 0) is 0 Å². The monoisotopic (exact) mass is 232 g/mol. The van der Waals surface area contributed by atoms with Gasteiger partial charge in [0.15, 0.2) is 0 Å². The van der Waals surface area contributed by atoms with E-state index in [-0.39, 0.29) is 0 Å². The standard InChI is InChI=1S/C9H10F6/c1-5(2)7(10,11)9(14,15)8(12,13)6(3)4/h1,3H2,2,4H3. The van der Waals surface area contributed by atoms with Gasteiger partial charge in [-0.2, -0.15) is 26.3 Å². The Morgan fingerprint density at radius 2 is 0.933 bits per heavy atom. The molecule has 0 radical (unpaired) electrons. The van der Waals surface area contributed by atoms with Gasteiger partial charge in [-0.3, -0.25) is 0 Å². The lowest BCUT2D eigenvalue weighted by molar-refractivity contribution is -0.280. The van der Waals surface area contributed by atoms with Gasteiger partial charge in [-0.25, -0.2) is 0 Å². The van der Waals surface area contributed by atoms with E-state index >= 15 is 0 Å². The van der Waals surface area contributed by atoms with Crippen molar-refractivity contribution in [1.29, 1.82) is 0 Å². The molecule has 0 heterocycles. The number of hydrogen-bond donors (Lipinski definition) is 0. The summed E-state index contributed by atoms with van der Waals surface area (Å²) in [7, 11) is 0. The van der Waals surface area contributed by atoms with Gasteiger partial charge in [0.05, 0.1) is 0 Å². The summed E-state index contributed by atoms with van der Waals surface area (Å²) < 4.78 is 77.0. The summed E-state index contributed by atoms with van der Waals surface area (Å²) in [5.41, 5.74) is -2.65. The quantitative estimate of drug-likeness (QED) is 0.506. The molecule has 0 aromatic carbocycles. The molecule has 0 saturated carbocycles. The number of rotatable bonds is 4. The van der Waals surface area contributed by atoms with E-state index in [1.54, 1.807) is 0 Å². The lowest BCUT2D eigenvalue weighted by Crippen LogP contribution is -2.54. The van der Waals surface area contributed by atoms with Crippen molar-refractivity contribution in [2.24, 2.45) is 0 Å². The van der Waals surface area contributed by atoms with Crippen molar-refractivity contribution in [3.05, 3.63) is 24.3 Å². The minimum Gasteiger partial charge on any atom is -0.194 e. The van der Waals surface area contributed by atoms with Crippen LogP contribution in [0.2, 0.25) is 0 Å². The molecule has 0 saturated heterocycles. The van der Waals surface area contributed by atoms with Crippen LogP contribution in [-0.4, -0.2) is 17.8 Å². The van der Waals surface area contributed by atoms with Crippen molar-refractivity contribution < 1.29 is 26.3 Å².